The lowest BCUT2D eigenvalue weighted by atomic mass is 9.97. The van der Waals surface area contributed by atoms with Crippen LogP contribution in [0.15, 0.2) is 60.8 Å². The van der Waals surface area contributed by atoms with E-state index in [2.05, 4.69) is 113 Å². The Bertz CT molecular complexity index is 947. The maximum Gasteiger partial charge on any atom is 0.213 e. The van der Waals surface area contributed by atoms with E-state index in [-0.39, 0.29) is 0 Å². The molecule has 1 nitrogen and oxygen atoms in total. The molecule has 0 aliphatic carbocycles. The van der Waals surface area contributed by atoms with Crippen LogP contribution in [0.3, 0.4) is 0 Å². The maximum absolute atomic E-state index is 2.43. The van der Waals surface area contributed by atoms with Crippen LogP contribution in [0.5, 0.6) is 0 Å². The van der Waals surface area contributed by atoms with Gasteiger partial charge in [-0.3, -0.25) is 0 Å². The Morgan fingerprint density at radius 3 is 2.04 bits per heavy atom. The molecule has 0 fully saturated rings. The first-order valence-electron chi connectivity index (χ1n) is 9.89. The van der Waals surface area contributed by atoms with Gasteiger partial charge in [0.05, 0.1) is 8.07 Å². The fourth-order valence-corrected chi connectivity index (χ4v) is 5.27. The number of nitrogens with zero attached hydrogens (tertiary/aromatic N) is 1. The molecule has 0 radical (unpaired) electrons. The molecule has 0 N–H and O–H groups in total. The molecule has 1 aromatic heterocycles. The van der Waals surface area contributed by atoms with Crippen molar-refractivity contribution in [2.24, 2.45) is 7.05 Å². The van der Waals surface area contributed by atoms with Crippen LogP contribution in [0.25, 0.3) is 22.4 Å². The summed E-state index contributed by atoms with van der Waals surface area (Å²) in [5.41, 5.74) is 8.01. The van der Waals surface area contributed by atoms with Crippen molar-refractivity contribution in [3.05, 3.63) is 71.9 Å². The number of hydrogen-bond acceptors (Lipinski definition) is 0. The number of hydrogen-bond donors (Lipinski definition) is 0. The van der Waals surface area contributed by atoms with Crippen molar-refractivity contribution in [1.29, 1.82) is 0 Å². The first-order valence-corrected chi connectivity index (χ1v) is 13.4. The van der Waals surface area contributed by atoms with Crippen LogP contribution in [0.4, 0.5) is 0 Å². The predicted molar refractivity (Wildman–Crippen MR) is 120 cm³/mol. The zero-order valence-electron chi connectivity index (χ0n) is 17.8. The predicted octanol–water partition coefficient (Wildman–Crippen LogP) is 5.82. The summed E-state index contributed by atoms with van der Waals surface area (Å²) in [6.07, 6.45) is 2.37. The fraction of sp³-hybridized carbons (Fsp3) is 0.320. The smallest absolute Gasteiger partial charge is 0.201 e. The molecule has 0 aliphatic heterocycles. The molecule has 140 valence electrons. The van der Waals surface area contributed by atoms with Crippen molar-refractivity contribution in [1.82, 2.24) is 0 Å². The average molecular weight is 375 g/mol. The van der Waals surface area contributed by atoms with Gasteiger partial charge in [-0.1, -0.05) is 76.0 Å². The van der Waals surface area contributed by atoms with Crippen LogP contribution in [0, 0.1) is 6.92 Å². The zero-order chi connectivity index (χ0) is 19.8. The Labute approximate surface area is 165 Å². The van der Waals surface area contributed by atoms with Gasteiger partial charge in [0.2, 0.25) is 5.69 Å². The fourth-order valence-electron chi connectivity index (χ4n) is 3.66. The first kappa shape index (κ1) is 19.6. The quantitative estimate of drug-likeness (QED) is 0.400. The number of aromatic nitrogens is 1. The molecular formula is C25H32NSi+. The number of pyridine rings is 1. The van der Waals surface area contributed by atoms with Crippen molar-refractivity contribution >= 4 is 13.3 Å². The van der Waals surface area contributed by atoms with Crippen molar-refractivity contribution in [2.45, 2.75) is 46.3 Å². The van der Waals surface area contributed by atoms with E-state index >= 15 is 0 Å². The largest absolute Gasteiger partial charge is 0.213 e. The van der Waals surface area contributed by atoms with Gasteiger partial charge in [0.15, 0.2) is 6.20 Å². The first-order chi connectivity index (χ1) is 12.7. The summed E-state index contributed by atoms with van der Waals surface area (Å²) >= 11 is 0. The standard InChI is InChI=1S/C25H32NSi/c1-18(2)20-12-14-21(15-13-20)23-16-24(22-11-9-8-10-19(22)3)26(4)17-25(23)27(5,6)7/h8-18H,1-7H3/q+1. The van der Waals surface area contributed by atoms with Crippen LogP contribution < -0.4 is 9.75 Å². The molecule has 0 bridgehead atoms. The Balaban J connectivity index is 2.24. The normalized spacial score (nSPS) is 11.9. The summed E-state index contributed by atoms with van der Waals surface area (Å²) in [6, 6.07) is 20.2. The molecule has 2 aromatic carbocycles. The summed E-state index contributed by atoms with van der Waals surface area (Å²) in [7, 11) is 0.692. The third kappa shape index (κ3) is 4.06. The maximum atomic E-state index is 2.43. The van der Waals surface area contributed by atoms with Gasteiger partial charge >= 0.3 is 0 Å². The molecular weight excluding hydrogens is 342 g/mol. The molecule has 2 heteroatoms. The van der Waals surface area contributed by atoms with Crippen molar-refractivity contribution in [2.75, 3.05) is 0 Å². The zero-order valence-corrected chi connectivity index (χ0v) is 18.8. The summed E-state index contributed by atoms with van der Waals surface area (Å²) < 4.78 is 2.31. The molecule has 3 rings (SSSR count). The van der Waals surface area contributed by atoms with E-state index in [0.717, 1.165) is 0 Å². The van der Waals surface area contributed by atoms with E-state index in [4.69, 9.17) is 0 Å². The Morgan fingerprint density at radius 2 is 1.48 bits per heavy atom. The molecule has 0 aliphatic rings. The van der Waals surface area contributed by atoms with E-state index in [9.17, 15) is 0 Å². The van der Waals surface area contributed by atoms with E-state index in [1.54, 1.807) is 0 Å². The highest BCUT2D eigenvalue weighted by atomic mass is 28.3. The topological polar surface area (TPSA) is 3.88 Å². The highest BCUT2D eigenvalue weighted by Gasteiger charge is 2.27. The van der Waals surface area contributed by atoms with Gasteiger partial charge < -0.3 is 0 Å². The van der Waals surface area contributed by atoms with Crippen molar-refractivity contribution < 1.29 is 4.57 Å². The summed E-state index contributed by atoms with van der Waals surface area (Å²) in [6.45, 7) is 14.0. The lowest BCUT2D eigenvalue weighted by molar-refractivity contribution is -0.659. The van der Waals surface area contributed by atoms with Crippen molar-refractivity contribution in [3.63, 3.8) is 0 Å². The SMILES string of the molecule is Cc1ccccc1-c1cc(-c2ccc(C(C)C)cc2)c([Si](C)(C)C)c[n+]1C. The summed E-state index contributed by atoms with van der Waals surface area (Å²) in [4.78, 5) is 0. The third-order valence-corrected chi connectivity index (χ3v) is 7.41. The Kier molecular flexibility index (Phi) is 5.39. The van der Waals surface area contributed by atoms with Crippen LogP contribution in [-0.4, -0.2) is 8.07 Å². The van der Waals surface area contributed by atoms with Gasteiger partial charge in [-0.25, -0.2) is 4.57 Å². The average Bonchev–Trinajstić information content (AvgIpc) is 2.61. The molecule has 0 amide bonds. The summed E-state index contributed by atoms with van der Waals surface area (Å²) in [5, 5.41) is 1.51. The van der Waals surface area contributed by atoms with E-state index in [0.29, 0.717) is 5.92 Å². The molecule has 27 heavy (non-hydrogen) atoms. The lowest BCUT2D eigenvalue weighted by Gasteiger charge is -2.21. The number of rotatable bonds is 4. The monoisotopic (exact) mass is 374 g/mol. The highest BCUT2D eigenvalue weighted by Crippen LogP contribution is 2.27. The minimum Gasteiger partial charge on any atom is -0.201 e. The molecule has 3 aromatic rings. The van der Waals surface area contributed by atoms with Crippen LogP contribution >= 0.6 is 0 Å². The van der Waals surface area contributed by atoms with Crippen molar-refractivity contribution in [3.8, 4) is 22.4 Å². The molecule has 1 heterocycles. The second-order valence-corrected chi connectivity index (χ2v) is 14.0. The molecule has 0 saturated carbocycles. The Morgan fingerprint density at radius 1 is 0.852 bits per heavy atom. The highest BCUT2D eigenvalue weighted by molar-refractivity contribution is 6.89. The minimum absolute atomic E-state index is 0.562. The van der Waals surface area contributed by atoms with Gasteiger partial charge in [-0.15, -0.1) is 0 Å². The van der Waals surface area contributed by atoms with E-state index < -0.39 is 8.07 Å². The lowest BCUT2D eigenvalue weighted by Crippen LogP contribution is -2.46. The number of benzene rings is 2. The van der Waals surface area contributed by atoms with Gasteiger partial charge in [0, 0.05) is 16.8 Å². The van der Waals surface area contributed by atoms with Gasteiger partial charge in [0.1, 0.15) is 7.05 Å². The van der Waals surface area contributed by atoms with E-state index in [1.807, 2.05) is 0 Å². The summed E-state index contributed by atoms with van der Waals surface area (Å²) in [5.74, 6) is 0.562. The van der Waals surface area contributed by atoms with Crippen LogP contribution in [0.1, 0.15) is 30.9 Å². The third-order valence-electron chi connectivity index (χ3n) is 5.39. The number of aryl methyl sites for hydroxylation is 2. The van der Waals surface area contributed by atoms with Gasteiger partial charge in [-0.2, -0.15) is 0 Å². The molecule has 0 unspecified atom stereocenters. The molecule has 0 atom stereocenters. The van der Waals surface area contributed by atoms with Crippen LogP contribution in [0.2, 0.25) is 19.6 Å². The second-order valence-electron chi connectivity index (χ2n) is 8.94. The van der Waals surface area contributed by atoms with E-state index in [1.165, 1.54) is 38.7 Å². The Hall–Kier alpha value is -2.19. The minimum atomic E-state index is -1.49. The van der Waals surface area contributed by atoms with Gasteiger partial charge in [0.25, 0.3) is 0 Å². The second kappa shape index (κ2) is 7.44. The van der Waals surface area contributed by atoms with Crippen LogP contribution in [-0.2, 0) is 7.05 Å². The molecule has 0 saturated heterocycles. The van der Waals surface area contributed by atoms with Gasteiger partial charge in [-0.05, 0) is 41.2 Å². The molecule has 0 spiro atoms.